The Balaban J connectivity index is 1.49. The highest BCUT2D eigenvalue weighted by Gasteiger charge is 2.35. The predicted octanol–water partition coefficient (Wildman–Crippen LogP) is 5.29. The number of carbonyl (C=O) groups excluding carboxylic acids is 1. The Morgan fingerprint density at radius 2 is 1.82 bits per heavy atom. The summed E-state index contributed by atoms with van der Waals surface area (Å²) in [6.07, 6.45) is -1.04. The lowest BCUT2D eigenvalue weighted by atomic mass is 10.0. The van der Waals surface area contributed by atoms with Crippen molar-refractivity contribution in [2.24, 2.45) is 5.92 Å². The Hall–Kier alpha value is -3.29. The molecule has 39 heavy (non-hydrogen) atoms. The zero-order valence-corrected chi connectivity index (χ0v) is 22.7. The van der Waals surface area contributed by atoms with Crippen LogP contribution in [0.5, 0.6) is 5.75 Å². The maximum Gasteiger partial charge on any atom is 0.417 e. The highest BCUT2D eigenvalue weighted by molar-refractivity contribution is 5.97. The second-order valence-corrected chi connectivity index (χ2v) is 10.4. The maximum absolute atomic E-state index is 13.2. The van der Waals surface area contributed by atoms with Crippen LogP contribution in [0, 0.1) is 17.2 Å². The Labute approximate surface area is 228 Å². The molecule has 1 saturated heterocycles. The topological polar surface area (TPSA) is 88.8 Å². The smallest absolute Gasteiger partial charge is 0.417 e. The summed E-state index contributed by atoms with van der Waals surface area (Å²) < 4.78 is 45.2. The third-order valence-corrected chi connectivity index (χ3v) is 7.15. The zero-order valence-electron chi connectivity index (χ0n) is 22.7. The molecule has 1 heterocycles. The van der Waals surface area contributed by atoms with Gasteiger partial charge in [0.05, 0.1) is 17.2 Å². The summed E-state index contributed by atoms with van der Waals surface area (Å²) in [5.41, 5.74) is -2.87. The summed E-state index contributed by atoms with van der Waals surface area (Å²) >= 11 is 0. The highest BCUT2D eigenvalue weighted by atomic mass is 19.4. The van der Waals surface area contributed by atoms with Crippen molar-refractivity contribution >= 4 is 17.3 Å². The van der Waals surface area contributed by atoms with Crippen molar-refractivity contribution < 1.29 is 27.8 Å². The average Bonchev–Trinajstić information content (AvgIpc) is 2.92. The van der Waals surface area contributed by atoms with Crippen molar-refractivity contribution in [1.29, 1.82) is 5.26 Å². The van der Waals surface area contributed by atoms with Gasteiger partial charge in [0.1, 0.15) is 12.4 Å². The number of alkyl halides is 3. The van der Waals surface area contributed by atoms with E-state index in [2.05, 4.69) is 29.0 Å². The lowest BCUT2D eigenvalue weighted by Crippen LogP contribution is -2.46. The average molecular weight is 547 g/mol. The molecule has 0 radical (unpaired) electrons. The van der Waals surface area contributed by atoms with Crippen molar-refractivity contribution in [3.05, 3.63) is 53.6 Å². The number of benzene rings is 2. The second kappa shape index (κ2) is 13.2. The predicted molar refractivity (Wildman–Crippen MR) is 145 cm³/mol. The fraction of sp³-hybridized carbons (Fsp3) is 0.517. The molecule has 1 amide bonds. The number of piperazine rings is 1. The molecular formula is C29H37F3N4O3. The first kappa shape index (κ1) is 30.3. The molecule has 2 N–H and O–H groups in total. The monoisotopic (exact) mass is 546 g/mol. The van der Waals surface area contributed by atoms with E-state index >= 15 is 0 Å². The van der Waals surface area contributed by atoms with Crippen LogP contribution in [0.4, 0.5) is 24.5 Å². The number of nitrogens with one attached hydrogen (secondary N) is 1. The number of hydrogen-bond acceptors (Lipinski definition) is 6. The van der Waals surface area contributed by atoms with Gasteiger partial charge in [-0.1, -0.05) is 20.3 Å². The van der Waals surface area contributed by atoms with Crippen LogP contribution in [0.3, 0.4) is 0 Å². The van der Waals surface area contributed by atoms with Gasteiger partial charge in [-0.25, -0.2) is 0 Å². The maximum atomic E-state index is 13.2. The summed E-state index contributed by atoms with van der Waals surface area (Å²) in [7, 11) is 0. The van der Waals surface area contributed by atoms with Crippen LogP contribution in [0.15, 0.2) is 42.5 Å². The molecule has 2 atom stereocenters. The molecule has 0 spiro atoms. The number of halogens is 3. The van der Waals surface area contributed by atoms with Gasteiger partial charge in [-0.15, -0.1) is 0 Å². The standard InChI is InChI=1S/C29H37F3N4O3/c1-4-21(2)6-5-13-35-14-16-36(17-15-35)24-9-11-25(12-10-24)39-20-28(3,38)27(37)34-23-8-7-22(19-33)26(18-23)29(30,31)32/h7-12,18,21,38H,4-6,13-17,20H2,1-3H3,(H,34,37)/t21?,28-/m0/s1. The molecule has 0 aromatic heterocycles. The summed E-state index contributed by atoms with van der Waals surface area (Å²) in [4.78, 5) is 17.4. The number of ether oxygens (including phenoxy) is 1. The fourth-order valence-corrected chi connectivity index (χ4v) is 4.36. The number of carbonyl (C=O) groups is 1. The third-order valence-electron chi connectivity index (χ3n) is 7.15. The van der Waals surface area contributed by atoms with Gasteiger partial charge < -0.3 is 20.1 Å². The molecule has 7 nitrogen and oxygen atoms in total. The normalized spacial score (nSPS) is 16.7. The Morgan fingerprint density at radius 3 is 2.41 bits per heavy atom. The third kappa shape index (κ3) is 8.60. The molecule has 1 aliphatic heterocycles. The van der Waals surface area contributed by atoms with E-state index in [1.54, 1.807) is 12.1 Å². The zero-order chi connectivity index (χ0) is 28.6. The number of amides is 1. The molecule has 0 bridgehead atoms. The molecule has 1 fully saturated rings. The molecular weight excluding hydrogens is 509 g/mol. The van der Waals surface area contributed by atoms with Crippen LogP contribution >= 0.6 is 0 Å². The first-order valence-corrected chi connectivity index (χ1v) is 13.3. The summed E-state index contributed by atoms with van der Waals surface area (Å²) in [6.45, 7) is 10.4. The number of rotatable bonds is 11. The van der Waals surface area contributed by atoms with Crippen molar-refractivity contribution in [3.8, 4) is 11.8 Å². The van der Waals surface area contributed by atoms with Crippen molar-refractivity contribution in [2.75, 3.05) is 49.5 Å². The van der Waals surface area contributed by atoms with Gasteiger partial charge in [0.2, 0.25) is 0 Å². The first-order valence-electron chi connectivity index (χ1n) is 13.3. The van der Waals surface area contributed by atoms with E-state index in [0.717, 1.165) is 50.4 Å². The van der Waals surface area contributed by atoms with Gasteiger partial charge in [0, 0.05) is 37.6 Å². The lowest BCUT2D eigenvalue weighted by molar-refractivity contribution is -0.138. The van der Waals surface area contributed by atoms with Crippen molar-refractivity contribution in [3.63, 3.8) is 0 Å². The van der Waals surface area contributed by atoms with Crippen LogP contribution in [-0.4, -0.2) is 60.8 Å². The highest BCUT2D eigenvalue weighted by Crippen LogP contribution is 2.33. The Morgan fingerprint density at radius 1 is 1.15 bits per heavy atom. The summed E-state index contributed by atoms with van der Waals surface area (Å²) in [5.74, 6) is 0.298. The van der Waals surface area contributed by atoms with Crippen LogP contribution < -0.4 is 15.0 Å². The number of nitrogens with zero attached hydrogens (tertiary/aromatic N) is 3. The van der Waals surface area contributed by atoms with Gasteiger partial charge in [-0.2, -0.15) is 18.4 Å². The molecule has 2 aromatic rings. The lowest BCUT2D eigenvalue weighted by Gasteiger charge is -2.36. The SMILES string of the molecule is CCC(C)CCCN1CCN(c2ccc(OC[C@](C)(O)C(=O)Nc3ccc(C#N)c(C(F)(F)F)c3)cc2)CC1. The Kier molecular flexibility index (Phi) is 10.2. The second-order valence-electron chi connectivity index (χ2n) is 10.4. The van der Waals surface area contributed by atoms with E-state index in [-0.39, 0.29) is 5.69 Å². The largest absolute Gasteiger partial charge is 0.490 e. The Bertz CT molecular complexity index is 1140. The minimum atomic E-state index is -4.76. The fourth-order valence-electron chi connectivity index (χ4n) is 4.36. The molecule has 10 heteroatoms. The van der Waals surface area contributed by atoms with E-state index < -0.39 is 35.4 Å². The molecule has 0 saturated carbocycles. The molecule has 1 unspecified atom stereocenters. The minimum absolute atomic E-state index is 0.188. The van der Waals surface area contributed by atoms with Crippen molar-refractivity contribution in [2.45, 2.75) is 51.8 Å². The first-order chi connectivity index (χ1) is 18.4. The summed E-state index contributed by atoms with van der Waals surface area (Å²) in [5, 5.41) is 21.8. The minimum Gasteiger partial charge on any atom is -0.490 e. The number of anilines is 2. The number of hydrogen-bond donors (Lipinski definition) is 2. The molecule has 1 aliphatic rings. The van der Waals surface area contributed by atoms with E-state index in [4.69, 9.17) is 10.00 Å². The van der Waals surface area contributed by atoms with E-state index in [0.29, 0.717) is 11.8 Å². The molecule has 212 valence electrons. The van der Waals surface area contributed by atoms with Gasteiger partial charge in [0.15, 0.2) is 5.60 Å². The van der Waals surface area contributed by atoms with Gasteiger partial charge >= 0.3 is 6.18 Å². The molecule has 0 aliphatic carbocycles. The van der Waals surface area contributed by atoms with E-state index in [1.165, 1.54) is 38.3 Å². The molecule has 2 aromatic carbocycles. The number of nitriles is 1. The van der Waals surface area contributed by atoms with Crippen LogP contribution in [0.2, 0.25) is 0 Å². The number of aliphatic hydroxyl groups is 1. The van der Waals surface area contributed by atoms with Gasteiger partial charge in [0.25, 0.3) is 5.91 Å². The quantitative estimate of drug-likeness (QED) is 0.398. The molecule has 3 rings (SSSR count). The van der Waals surface area contributed by atoms with Crippen molar-refractivity contribution in [1.82, 2.24) is 4.90 Å². The van der Waals surface area contributed by atoms with Gasteiger partial charge in [-0.3, -0.25) is 9.69 Å². The van der Waals surface area contributed by atoms with E-state index in [9.17, 15) is 23.1 Å². The van der Waals surface area contributed by atoms with Crippen LogP contribution in [0.1, 0.15) is 51.2 Å². The van der Waals surface area contributed by atoms with Crippen LogP contribution in [0.25, 0.3) is 0 Å². The van der Waals surface area contributed by atoms with Gasteiger partial charge in [-0.05, 0) is 74.7 Å². The summed E-state index contributed by atoms with van der Waals surface area (Å²) in [6, 6.07) is 11.7. The van der Waals surface area contributed by atoms with E-state index in [1.807, 2.05) is 12.1 Å². The van der Waals surface area contributed by atoms with Crippen LogP contribution in [-0.2, 0) is 11.0 Å².